The first-order valence-electron chi connectivity index (χ1n) is 9.53. The molecule has 0 aromatic heterocycles. The average Bonchev–Trinajstić information content (AvgIpc) is 2.78. The quantitative estimate of drug-likeness (QED) is 0.653. The highest BCUT2D eigenvalue weighted by Crippen LogP contribution is 2.36. The maximum atomic E-state index is 13.3. The Bertz CT molecular complexity index is 1010. The number of nitrogens with zero attached hydrogens (tertiary/aromatic N) is 2. The standard InChI is InChI=1S/C20H25F2N3O5S/c1-24(14-4-6-18(29-3)19(12-14)30-20(21)22)31(26,27)15-5-7-17(28-2)16(13-15)25-10-8-23-9-11-25/h4-7,12-13,20,23H,8-11H2,1-3H3. The van der Waals surface area contributed by atoms with Crippen LogP contribution >= 0.6 is 0 Å². The lowest BCUT2D eigenvalue weighted by molar-refractivity contribution is -0.0511. The van der Waals surface area contributed by atoms with E-state index in [1.165, 1.54) is 45.5 Å². The summed E-state index contributed by atoms with van der Waals surface area (Å²) in [7, 11) is 0.193. The summed E-state index contributed by atoms with van der Waals surface area (Å²) in [6, 6.07) is 8.65. The van der Waals surface area contributed by atoms with Crippen molar-refractivity contribution >= 4 is 21.4 Å². The number of anilines is 2. The summed E-state index contributed by atoms with van der Waals surface area (Å²) in [6.45, 7) is -0.1000. The third-order valence-corrected chi connectivity index (χ3v) is 6.77. The van der Waals surface area contributed by atoms with Crippen LogP contribution in [0.5, 0.6) is 17.2 Å². The molecule has 3 rings (SSSR count). The van der Waals surface area contributed by atoms with Crippen LogP contribution < -0.4 is 28.7 Å². The zero-order chi connectivity index (χ0) is 22.6. The van der Waals surface area contributed by atoms with E-state index in [4.69, 9.17) is 9.47 Å². The molecule has 2 aromatic carbocycles. The number of nitrogens with one attached hydrogen (secondary N) is 1. The van der Waals surface area contributed by atoms with Crippen molar-refractivity contribution in [2.24, 2.45) is 0 Å². The summed E-state index contributed by atoms with van der Waals surface area (Å²) in [5.74, 6) is 0.383. The number of rotatable bonds is 8. The Morgan fingerprint density at radius 3 is 2.26 bits per heavy atom. The average molecular weight is 457 g/mol. The molecule has 31 heavy (non-hydrogen) atoms. The minimum atomic E-state index is -3.99. The topological polar surface area (TPSA) is 80.3 Å². The minimum Gasteiger partial charge on any atom is -0.495 e. The number of piperazine rings is 1. The molecule has 0 atom stereocenters. The van der Waals surface area contributed by atoms with Crippen LogP contribution in [0.3, 0.4) is 0 Å². The van der Waals surface area contributed by atoms with E-state index in [0.29, 0.717) is 24.5 Å². The molecule has 0 aliphatic carbocycles. The fourth-order valence-electron chi connectivity index (χ4n) is 3.33. The van der Waals surface area contributed by atoms with E-state index in [1.54, 1.807) is 12.1 Å². The highest BCUT2D eigenvalue weighted by Gasteiger charge is 2.26. The molecule has 1 saturated heterocycles. The van der Waals surface area contributed by atoms with Crippen LogP contribution in [-0.2, 0) is 10.0 Å². The number of hydrogen-bond donors (Lipinski definition) is 1. The molecule has 1 fully saturated rings. The van der Waals surface area contributed by atoms with Crippen LogP contribution in [0.2, 0.25) is 0 Å². The molecule has 0 spiro atoms. The summed E-state index contributed by atoms with van der Waals surface area (Å²) in [6.07, 6.45) is 0. The number of methoxy groups -OCH3 is 2. The van der Waals surface area contributed by atoms with Gasteiger partial charge in [-0.1, -0.05) is 0 Å². The van der Waals surface area contributed by atoms with E-state index >= 15 is 0 Å². The van der Waals surface area contributed by atoms with Gasteiger partial charge in [0.2, 0.25) is 0 Å². The maximum absolute atomic E-state index is 13.3. The first kappa shape index (κ1) is 22.9. The lowest BCUT2D eigenvalue weighted by atomic mass is 10.2. The van der Waals surface area contributed by atoms with Crippen LogP contribution in [0, 0.1) is 0 Å². The van der Waals surface area contributed by atoms with Crippen molar-refractivity contribution in [3.05, 3.63) is 36.4 Å². The molecule has 0 saturated carbocycles. The van der Waals surface area contributed by atoms with Crippen LogP contribution in [0.4, 0.5) is 20.2 Å². The van der Waals surface area contributed by atoms with Gasteiger partial charge in [0.25, 0.3) is 10.0 Å². The molecule has 1 heterocycles. The molecule has 0 radical (unpaired) electrons. The van der Waals surface area contributed by atoms with Gasteiger partial charge in [-0.3, -0.25) is 4.31 Å². The second-order valence-electron chi connectivity index (χ2n) is 6.76. The van der Waals surface area contributed by atoms with Gasteiger partial charge in [0.05, 0.1) is 30.5 Å². The molecule has 8 nitrogen and oxygen atoms in total. The summed E-state index contributed by atoms with van der Waals surface area (Å²) in [5, 5.41) is 3.25. The molecule has 2 aromatic rings. The second kappa shape index (κ2) is 9.56. The van der Waals surface area contributed by atoms with Crippen molar-refractivity contribution in [1.29, 1.82) is 0 Å². The normalized spacial score (nSPS) is 14.5. The molecule has 0 bridgehead atoms. The Kier molecular flexibility index (Phi) is 7.06. The molecule has 1 aliphatic heterocycles. The predicted molar refractivity (Wildman–Crippen MR) is 113 cm³/mol. The van der Waals surface area contributed by atoms with Gasteiger partial charge < -0.3 is 24.4 Å². The van der Waals surface area contributed by atoms with Gasteiger partial charge in [-0.25, -0.2) is 8.42 Å². The molecule has 11 heteroatoms. The molecule has 1 N–H and O–H groups in total. The largest absolute Gasteiger partial charge is 0.495 e. The summed E-state index contributed by atoms with van der Waals surface area (Å²) in [4.78, 5) is 2.10. The molecule has 170 valence electrons. The van der Waals surface area contributed by atoms with Crippen LogP contribution in [0.1, 0.15) is 0 Å². The van der Waals surface area contributed by atoms with E-state index < -0.39 is 16.6 Å². The number of hydrogen-bond acceptors (Lipinski definition) is 7. The number of alkyl halides is 2. The van der Waals surface area contributed by atoms with Crippen LogP contribution in [0.15, 0.2) is 41.3 Å². The third-order valence-electron chi connectivity index (χ3n) is 4.99. The maximum Gasteiger partial charge on any atom is 0.387 e. The van der Waals surface area contributed by atoms with Crippen molar-refractivity contribution in [3.8, 4) is 17.2 Å². The zero-order valence-corrected chi connectivity index (χ0v) is 18.3. The number of halogens is 2. The van der Waals surface area contributed by atoms with Crippen LogP contribution in [-0.4, -0.2) is 62.5 Å². The summed E-state index contributed by atoms with van der Waals surface area (Å²) >= 11 is 0. The summed E-state index contributed by atoms with van der Waals surface area (Å²) < 4.78 is 67.9. The van der Waals surface area contributed by atoms with Gasteiger partial charge in [0, 0.05) is 39.3 Å². The van der Waals surface area contributed by atoms with Gasteiger partial charge in [0.1, 0.15) is 5.75 Å². The fraction of sp³-hybridized carbons (Fsp3) is 0.400. The number of ether oxygens (including phenoxy) is 3. The van der Waals surface area contributed by atoms with Gasteiger partial charge in [0.15, 0.2) is 11.5 Å². The molecule has 0 amide bonds. The Morgan fingerprint density at radius 1 is 1.00 bits per heavy atom. The van der Waals surface area contributed by atoms with Crippen molar-refractivity contribution in [2.75, 3.05) is 56.7 Å². The first-order chi connectivity index (χ1) is 14.8. The zero-order valence-electron chi connectivity index (χ0n) is 17.5. The molecule has 1 aliphatic rings. The van der Waals surface area contributed by atoms with Gasteiger partial charge >= 0.3 is 6.61 Å². The van der Waals surface area contributed by atoms with E-state index in [2.05, 4.69) is 15.0 Å². The molecular weight excluding hydrogens is 432 g/mol. The number of benzene rings is 2. The first-order valence-corrected chi connectivity index (χ1v) is 11.0. The SMILES string of the molecule is COc1ccc(N(C)S(=O)(=O)c2ccc(OC)c(N3CCNCC3)c2)cc1OC(F)F. The fourth-order valence-corrected chi connectivity index (χ4v) is 4.54. The summed E-state index contributed by atoms with van der Waals surface area (Å²) in [5.41, 5.74) is 0.825. The third kappa shape index (κ3) is 4.93. The van der Waals surface area contributed by atoms with Crippen molar-refractivity contribution in [2.45, 2.75) is 11.5 Å². The highest BCUT2D eigenvalue weighted by molar-refractivity contribution is 7.92. The van der Waals surface area contributed by atoms with Crippen molar-refractivity contribution in [3.63, 3.8) is 0 Å². The Morgan fingerprint density at radius 2 is 1.65 bits per heavy atom. The Hall–Kier alpha value is -2.79. The highest BCUT2D eigenvalue weighted by atomic mass is 32.2. The van der Waals surface area contributed by atoms with Crippen molar-refractivity contribution in [1.82, 2.24) is 5.32 Å². The Labute approximate surface area is 180 Å². The van der Waals surface area contributed by atoms with E-state index in [9.17, 15) is 17.2 Å². The van der Waals surface area contributed by atoms with E-state index in [-0.39, 0.29) is 22.1 Å². The van der Waals surface area contributed by atoms with Crippen LogP contribution in [0.25, 0.3) is 0 Å². The van der Waals surface area contributed by atoms with Gasteiger partial charge in [-0.15, -0.1) is 0 Å². The van der Waals surface area contributed by atoms with Gasteiger partial charge in [-0.05, 0) is 30.3 Å². The predicted octanol–water partition coefficient (Wildman–Crippen LogP) is 2.54. The second-order valence-corrected chi connectivity index (χ2v) is 8.73. The van der Waals surface area contributed by atoms with E-state index in [1.807, 2.05) is 0 Å². The monoisotopic (exact) mass is 457 g/mol. The lowest BCUT2D eigenvalue weighted by Crippen LogP contribution is -2.43. The molecular formula is C20H25F2N3O5S. The van der Waals surface area contributed by atoms with Crippen molar-refractivity contribution < 1.29 is 31.4 Å². The lowest BCUT2D eigenvalue weighted by Gasteiger charge is -2.31. The Balaban J connectivity index is 1.97. The molecule has 0 unspecified atom stereocenters. The number of sulfonamides is 1. The van der Waals surface area contributed by atoms with E-state index in [0.717, 1.165) is 17.4 Å². The minimum absolute atomic E-state index is 0.0523. The van der Waals surface area contributed by atoms with Gasteiger partial charge in [-0.2, -0.15) is 8.78 Å². The smallest absolute Gasteiger partial charge is 0.387 e.